The molecule has 0 atom stereocenters. The normalized spacial score (nSPS) is 16.9. The molecular weight excluding hydrogens is 226 g/mol. The highest BCUT2D eigenvalue weighted by atomic mass is 16.5. The molecule has 1 fully saturated rings. The summed E-state index contributed by atoms with van der Waals surface area (Å²) in [6.45, 7) is 9.70. The molecule has 1 saturated heterocycles. The highest BCUT2D eigenvalue weighted by Crippen LogP contribution is 2.23. The van der Waals surface area contributed by atoms with Crippen LogP contribution in [0.1, 0.15) is 30.9 Å². The Morgan fingerprint density at radius 2 is 2.11 bits per heavy atom. The van der Waals surface area contributed by atoms with Gasteiger partial charge in [-0.3, -0.25) is 4.90 Å². The van der Waals surface area contributed by atoms with Crippen LogP contribution in [0.5, 0.6) is 5.75 Å². The molecule has 1 heterocycles. The third-order valence-electron chi connectivity index (χ3n) is 3.48. The molecule has 0 radical (unpaired) electrons. The van der Waals surface area contributed by atoms with Crippen molar-refractivity contribution in [3.05, 3.63) is 29.3 Å². The van der Waals surface area contributed by atoms with Crippen molar-refractivity contribution in [2.45, 2.75) is 32.8 Å². The van der Waals surface area contributed by atoms with Crippen LogP contribution in [0.2, 0.25) is 0 Å². The highest BCUT2D eigenvalue weighted by molar-refractivity contribution is 5.36. The Labute approximate surface area is 109 Å². The Kier molecular flexibility index (Phi) is 4.25. The molecule has 0 bridgehead atoms. The van der Waals surface area contributed by atoms with Crippen LogP contribution in [0.3, 0.4) is 0 Å². The average molecular weight is 249 g/mol. The van der Waals surface area contributed by atoms with E-state index in [1.807, 2.05) is 6.07 Å². The first kappa shape index (κ1) is 13.4. The quantitative estimate of drug-likeness (QED) is 0.868. The number of ether oxygens (including phenoxy) is 1. The van der Waals surface area contributed by atoms with E-state index in [9.17, 15) is 5.11 Å². The summed E-state index contributed by atoms with van der Waals surface area (Å²) in [4.78, 5) is 2.19. The van der Waals surface area contributed by atoms with Crippen LogP contribution in [-0.4, -0.2) is 42.4 Å². The molecule has 2 rings (SSSR count). The van der Waals surface area contributed by atoms with E-state index in [0.29, 0.717) is 12.5 Å². The molecule has 1 aliphatic heterocycles. The van der Waals surface area contributed by atoms with Gasteiger partial charge in [-0.15, -0.1) is 0 Å². The Morgan fingerprint density at radius 3 is 2.67 bits per heavy atom. The fourth-order valence-electron chi connectivity index (χ4n) is 2.40. The van der Waals surface area contributed by atoms with E-state index in [1.54, 1.807) is 0 Å². The monoisotopic (exact) mass is 249 g/mol. The second-order valence-corrected chi connectivity index (χ2v) is 5.43. The number of β-amino-alcohol motifs (C(OH)–C–C–N with tert-alkyl or cyclic N) is 1. The van der Waals surface area contributed by atoms with Crippen LogP contribution in [0.25, 0.3) is 0 Å². The Bertz CT molecular complexity index is 397. The second kappa shape index (κ2) is 5.72. The molecule has 3 heteroatoms. The van der Waals surface area contributed by atoms with Crippen LogP contribution < -0.4 is 4.74 Å². The SMILES string of the molecule is Cc1cc(OCCN2CC(O)C2)ccc1C(C)C. The van der Waals surface area contributed by atoms with Gasteiger partial charge in [0.05, 0.1) is 6.10 Å². The number of rotatable bonds is 5. The van der Waals surface area contributed by atoms with Crippen molar-refractivity contribution in [3.8, 4) is 5.75 Å². The van der Waals surface area contributed by atoms with Gasteiger partial charge in [0.15, 0.2) is 0 Å². The molecule has 0 amide bonds. The van der Waals surface area contributed by atoms with Gasteiger partial charge in [0, 0.05) is 19.6 Å². The number of aliphatic hydroxyl groups excluding tert-OH is 1. The molecule has 1 N–H and O–H groups in total. The lowest BCUT2D eigenvalue weighted by atomic mass is 9.98. The Balaban J connectivity index is 1.81. The fraction of sp³-hybridized carbons (Fsp3) is 0.600. The predicted octanol–water partition coefficient (Wildman–Crippen LogP) is 2.17. The summed E-state index contributed by atoms with van der Waals surface area (Å²) in [6, 6.07) is 6.32. The summed E-state index contributed by atoms with van der Waals surface area (Å²) < 4.78 is 5.74. The van der Waals surface area contributed by atoms with Crippen molar-refractivity contribution in [1.82, 2.24) is 4.90 Å². The van der Waals surface area contributed by atoms with Gasteiger partial charge in [-0.05, 0) is 36.1 Å². The van der Waals surface area contributed by atoms with Crippen LogP contribution in [0.4, 0.5) is 0 Å². The number of likely N-dealkylation sites (tertiary alicyclic amines) is 1. The molecule has 0 spiro atoms. The lowest BCUT2D eigenvalue weighted by Crippen LogP contribution is -2.51. The standard InChI is InChI=1S/C15H23NO2/c1-11(2)15-5-4-14(8-12(15)3)18-7-6-16-9-13(17)10-16/h4-5,8,11,13,17H,6-7,9-10H2,1-3H3. The van der Waals surface area contributed by atoms with Crippen molar-refractivity contribution in [3.63, 3.8) is 0 Å². The first-order valence-corrected chi connectivity index (χ1v) is 6.70. The van der Waals surface area contributed by atoms with Crippen molar-refractivity contribution in [2.24, 2.45) is 0 Å². The third-order valence-corrected chi connectivity index (χ3v) is 3.48. The van der Waals surface area contributed by atoms with E-state index < -0.39 is 0 Å². The highest BCUT2D eigenvalue weighted by Gasteiger charge is 2.23. The molecule has 100 valence electrons. The molecule has 0 aromatic heterocycles. The minimum Gasteiger partial charge on any atom is -0.492 e. The lowest BCUT2D eigenvalue weighted by Gasteiger charge is -2.35. The Hall–Kier alpha value is -1.06. The predicted molar refractivity (Wildman–Crippen MR) is 73.2 cm³/mol. The third kappa shape index (κ3) is 3.24. The molecule has 18 heavy (non-hydrogen) atoms. The minimum absolute atomic E-state index is 0.127. The second-order valence-electron chi connectivity index (χ2n) is 5.43. The van der Waals surface area contributed by atoms with Gasteiger partial charge < -0.3 is 9.84 Å². The summed E-state index contributed by atoms with van der Waals surface area (Å²) in [5, 5.41) is 9.17. The van der Waals surface area contributed by atoms with Crippen molar-refractivity contribution < 1.29 is 9.84 Å². The van der Waals surface area contributed by atoms with Crippen LogP contribution in [0, 0.1) is 6.92 Å². The molecule has 0 unspecified atom stereocenters. The molecule has 3 nitrogen and oxygen atoms in total. The van der Waals surface area contributed by atoms with E-state index in [1.165, 1.54) is 11.1 Å². The van der Waals surface area contributed by atoms with Gasteiger partial charge in [0.25, 0.3) is 0 Å². The average Bonchev–Trinajstić information content (AvgIpc) is 2.26. The van der Waals surface area contributed by atoms with Gasteiger partial charge >= 0.3 is 0 Å². The van der Waals surface area contributed by atoms with Gasteiger partial charge in [-0.2, -0.15) is 0 Å². The zero-order valence-corrected chi connectivity index (χ0v) is 11.5. The van der Waals surface area contributed by atoms with Crippen LogP contribution in [0.15, 0.2) is 18.2 Å². The number of benzene rings is 1. The van der Waals surface area contributed by atoms with Crippen LogP contribution in [-0.2, 0) is 0 Å². The summed E-state index contributed by atoms with van der Waals surface area (Å²) in [5.74, 6) is 1.50. The molecular formula is C15H23NO2. The van der Waals surface area contributed by atoms with Gasteiger partial charge in [-0.1, -0.05) is 19.9 Å². The number of aliphatic hydroxyl groups is 1. The van der Waals surface area contributed by atoms with Gasteiger partial charge in [-0.25, -0.2) is 0 Å². The number of hydrogen-bond acceptors (Lipinski definition) is 3. The number of aryl methyl sites for hydroxylation is 1. The molecule has 0 aliphatic carbocycles. The number of hydrogen-bond donors (Lipinski definition) is 1. The zero-order chi connectivity index (χ0) is 13.1. The summed E-state index contributed by atoms with van der Waals surface area (Å²) >= 11 is 0. The topological polar surface area (TPSA) is 32.7 Å². The summed E-state index contributed by atoms with van der Waals surface area (Å²) in [5.41, 5.74) is 2.68. The first-order chi connectivity index (χ1) is 8.56. The van der Waals surface area contributed by atoms with E-state index in [-0.39, 0.29) is 6.10 Å². The maximum Gasteiger partial charge on any atom is 0.119 e. The van der Waals surface area contributed by atoms with Crippen molar-refractivity contribution in [2.75, 3.05) is 26.2 Å². The van der Waals surface area contributed by atoms with Crippen molar-refractivity contribution >= 4 is 0 Å². The molecule has 0 saturated carbocycles. The maximum atomic E-state index is 9.17. The largest absolute Gasteiger partial charge is 0.492 e. The molecule has 1 aromatic carbocycles. The lowest BCUT2D eigenvalue weighted by molar-refractivity contribution is -0.00387. The van der Waals surface area contributed by atoms with E-state index in [2.05, 4.69) is 37.8 Å². The van der Waals surface area contributed by atoms with Crippen LogP contribution >= 0.6 is 0 Å². The summed E-state index contributed by atoms with van der Waals surface area (Å²) in [6.07, 6.45) is -0.127. The first-order valence-electron chi connectivity index (χ1n) is 6.70. The van der Waals surface area contributed by atoms with E-state index >= 15 is 0 Å². The maximum absolute atomic E-state index is 9.17. The molecule has 1 aromatic rings. The van der Waals surface area contributed by atoms with E-state index in [4.69, 9.17) is 4.74 Å². The fourth-order valence-corrected chi connectivity index (χ4v) is 2.40. The zero-order valence-electron chi connectivity index (χ0n) is 11.5. The van der Waals surface area contributed by atoms with Gasteiger partial charge in [0.1, 0.15) is 12.4 Å². The smallest absolute Gasteiger partial charge is 0.119 e. The minimum atomic E-state index is -0.127. The van der Waals surface area contributed by atoms with E-state index in [0.717, 1.165) is 25.4 Å². The molecule has 1 aliphatic rings. The Morgan fingerprint density at radius 1 is 1.39 bits per heavy atom. The number of nitrogens with zero attached hydrogens (tertiary/aromatic N) is 1. The van der Waals surface area contributed by atoms with Gasteiger partial charge in [0.2, 0.25) is 0 Å². The van der Waals surface area contributed by atoms with Crippen molar-refractivity contribution in [1.29, 1.82) is 0 Å². The summed E-state index contributed by atoms with van der Waals surface area (Å²) in [7, 11) is 0.